The third-order valence-corrected chi connectivity index (χ3v) is 3.06. The van der Waals surface area contributed by atoms with Crippen molar-refractivity contribution in [3.05, 3.63) is 12.7 Å². The number of hydrogen-bond donors (Lipinski definition) is 2. The van der Waals surface area contributed by atoms with Crippen molar-refractivity contribution in [2.75, 3.05) is 6.54 Å². The number of halogens is 7. The monoisotopic (exact) mass is 363 g/mol. The highest BCUT2D eigenvalue weighted by Gasteiger charge is 2.64. The quantitative estimate of drug-likeness (QED) is 0.315. The van der Waals surface area contributed by atoms with E-state index in [0.717, 1.165) is 0 Å². The first kappa shape index (κ1) is 23.4. The van der Waals surface area contributed by atoms with Crippen LogP contribution in [0.15, 0.2) is 12.7 Å². The maximum Gasteiger partial charge on any atom is 0.431 e. The summed E-state index contributed by atoms with van der Waals surface area (Å²) in [5, 5.41) is -5.72. The summed E-state index contributed by atoms with van der Waals surface area (Å²) in [5.74, 6) is -5.13. The van der Waals surface area contributed by atoms with Gasteiger partial charge in [0.2, 0.25) is 0 Å². The van der Waals surface area contributed by atoms with Crippen molar-refractivity contribution in [1.29, 1.82) is 0 Å². The van der Waals surface area contributed by atoms with E-state index >= 15 is 0 Å². The molecule has 0 aromatic heterocycles. The average molecular weight is 363 g/mol. The highest BCUT2D eigenvalue weighted by Crippen LogP contribution is 2.41. The third-order valence-electron chi connectivity index (χ3n) is 2.12. The van der Waals surface area contributed by atoms with Crippen molar-refractivity contribution < 1.29 is 43.7 Å². The Bertz CT molecular complexity index is 434. The lowest BCUT2D eigenvalue weighted by molar-refractivity contribution is -0.167. The molecule has 0 aliphatic rings. The van der Waals surface area contributed by atoms with E-state index in [0.29, 0.717) is 6.54 Å². The van der Waals surface area contributed by atoms with Gasteiger partial charge >= 0.3 is 27.5 Å². The van der Waals surface area contributed by atoms with Gasteiger partial charge in [0.05, 0.1) is 0 Å². The summed E-state index contributed by atoms with van der Waals surface area (Å²) in [4.78, 5) is 0. The van der Waals surface area contributed by atoms with Crippen molar-refractivity contribution >= 4 is 10.1 Å². The Morgan fingerprint density at radius 1 is 1.00 bits per heavy atom. The number of hydrogen-bond acceptors (Lipinski definition) is 3. The molecule has 0 saturated heterocycles. The van der Waals surface area contributed by atoms with Gasteiger partial charge in [-0.05, 0) is 12.8 Å². The minimum absolute atomic E-state index is 0.583. The lowest BCUT2D eigenvalue weighted by Crippen LogP contribution is -2.46. The number of unbranched alkanes of at least 4 members (excludes halogenated alkanes) is 1. The summed E-state index contributed by atoms with van der Waals surface area (Å²) in [6.45, 7) is 3.94. The van der Waals surface area contributed by atoms with E-state index in [9.17, 15) is 39.2 Å². The maximum atomic E-state index is 12.7. The summed E-state index contributed by atoms with van der Waals surface area (Å²) in [6.07, 6.45) is -7.99. The largest absolute Gasteiger partial charge is 0.431 e. The molecular weight excluding hydrogens is 347 g/mol. The van der Waals surface area contributed by atoms with Crippen LogP contribution in [-0.2, 0) is 10.1 Å². The molecule has 0 saturated carbocycles. The normalized spacial score (nSPS) is 13.3. The van der Waals surface area contributed by atoms with Gasteiger partial charge < -0.3 is 5.73 Å². The molecule has 12 heteroatoms. The van der Waals surface area contributed by atoms with Crippen LogP contribution in [0, 0.1) is 0 Å². The molecular formula is C10H16F7NO3S. The molecule has 0 rings (SSSR count). The van der Waals surface area contributed by atoms with Gasteiger partial charge in [0, 0.05) is 19.4 Å². The molecule has 0 amide bonds. The van der Waals surface area contributed by atoms with Crippen molar-refractivity contribution in [1.82, 2.24) is 0 Å². The molecule has 3 N–H and O–H groups in total. The molecule has 0 unspecified atom stereocenters. The zero-order chi connectivity index (χ0) is 18.2. The van der Waals surface area contributed by atoms with Crippen LogP contribution in [0.3, 0.4) is 0 Å². The Balaban J connectivity index is 0. The van der Waals surface area contributed by atoms with Crippen molar-refractivity contribution in [3.8, 4) is 0 Å². The van der Waals surface area contributed by atoms with Gasteiger partial charge in [0.15, 0.2) is 0 Å². The van der Waals surface area contributed by atoms with Crippen LogP contribution in [0.25, 0.3) is 0 Å². The molecule has 0 fully saturated rings. The highest BCUT2D eigenvalue weighted by atomic mass is 32.2. The second-order valence-corrected chi connectivity index (χ2v) is 5.51. The molecule has 4 nitrogen and oxygen atoms in total. The van der Waals surface area contributed by atoms with Crippen LogP contribution >= 0.6 is 0 Å². The molecule has 0 spiro atoms. The summed E-state index contributed by atoms with van der Waals surface area (Å²) in [7, 11) is -6.33. The van der Waals surface area contributed by atoms with Crippen LogP contribution in [0.1, 0.15) is 25.7 Å². The second-order valence-electron chi connectivity index (χ2n) is 4.04. The van der Waals surface area contributed by atoms with Crippen molar-refractivity contribution in [2.45, 2.75) is 43.0 Å². The molecule has 134 valence electrons. The first-order valence-corrected chi connectivity index (χ1v) is 7.16. The van der Waals surface area contributed by atoms with E-state index in [4.69, 9.17) is 10.3 Å². The van der Waals surface area contributed by atoms with Crippen LogP contribution in [-0.4, -0.2) is 36.9 Å². The van der Waals surface area contributed by atoms with Gasteiger partial charge in [-0.3, -0.25) is 4.55 Å². The Hall–Kier alpha value is -0.880. The molecule has 0 atom stereocenters. The van der Waals surface area contributed by atoms with E-state index in [1.165, 1.54) is 0 Å². The number of nitrogens with two attached hydrogens (primary N) is 1. The van der Waals surface area contributed by atoms with Crippen LogP contribution in [0.4, 0.5) is 30.7 Å². The third kappa shape index (κ3) is 8.54. The van der Waals surface area contributed by atoms with Gasteiger partial charge in [-0.2, -0.15) is 39.2 Å². The molecule has 0 aliphatic heterocycles. The standard InChI is InChI=1S/C7H9F7O3S.C3H7N/c8-5(9,7(13,14)18(15,16)17)3-1-2-4-6(10,11)12;1-2-3-4/h1-4H2,(H,15,16,17);2H,1,3-4H2. The lowest BCUT2D eigenvalue weighted by Gasteiger charge is -2.23. The fourth-order valence-corrected chi connectivity index (χ4v) is 1.49. The van der Waals surface area contributed by atoms with Crippen molar-refractivity contribution in [3.63, 3.8) is 0 Å². The Morgan fingerprint density at radius 3 is 1.64 bits per heavy atom. The van der Waals surface area contributed by atoms with Crippen LogP contribution in [0.2, 0.25) is 0 Å². The Morgan fingerprint density at radius 2 is 1.36 bits per heavy atom. The van der Waals surface area contributed by atoms with Gasteiger partial charge in [-0.15, -0.1) is 6.58 Å². The molecule has 22 heavy (non-hydrogen) atoms. The van der Waals surface area contributed by atoms with Gasteiger partial charge in [-0.25, -0.2) is 0 Å². The Kier molecular flexibility index (Phi) is 9.22. The minimum atomic E-state index is -6.33. The van der Waals surface area contributed by atoms with Gasteiger partial charge in [0.25, 0.3) is 0 Å². The zero-order valence-electron chi connectivity index (χ0n) is 11.2. The van der Waals surface area contributed by atoms with Crippen LogP contribution in [0.5, 0.6) is 0 Å². The fraction of sp³-hybridized carbons (Fsp3) is 0.800. The van der Waals surface area contributed by atoms with E-state index in [1.54, 1.807) is 6.08 Å². The molecule has 0 heterocycles. The topological polar surface area (TPSA) is 80.4 Å². The summed E-state index contributed by atoms with van der Waals surface area (Å²) >= 11 is 0. The molecule has 0 radical (unpaired) electrons. The average Bonchev–Trinajstić information content (AvgIpc) is 2.32. The highest BCUT2D eigenvalue weighted by molar-refractivity contribution is 7.87. The summed E-state index contributed by atoms with van der Waals surface area (Å²) in [5.41, 5.74) is 4.91. The Labute approximate surface area is 122 Å². The van der Waals surface area contributed by atoms with E-state index < -0.39 is 53.2 Å². The fourth-order valence-electron chi connectivity index (χ4n) is 1.01. The van der Waals surface area contributed by atoms with Crippen LogP contribution < -0.4 is 5.73 Å². The predicted octanol–water partition coefficient (Wildman–Crippen LogP) is 3.36. The lowest BCUT2D eigenvalue weighted by atomic mass is 10.1. The first-order chi connectivity index (χ1) is 9.62. The van der Waals surface area contributed by atoms with E-state index in [1.807, 2.05) is 0 Å². The molecule has 0 aromatic carbocycles. The number of alkyl halides is 7. The molecule has 0 aliphatic carbocycles. The van der Waals surface area contributed by atoms with Gasteiger partial charge in [0.1, 0.15) is 0 Å². The van der Waals surface area contributed by atoms with E-state index in [-0.39, 0.29) is 0 Å². The van der Waals surface area contributed by atoms with E-state index in [2.05, 4.69) is 6.58 Å². The smallest absolute Gasteiger partial charge is 0.327 e. The first-order valence-electron chi connectivity index (χ1n) is 5.72. The summed E-state index contributed by atoms with van der Waals surface area (Å²) in [6, 6.07) is 0. The SMILES string of the molecule is C=CCN.O=S(=O)(O)C(F)(F)C(F)(F)CCCCC(F)(F)F. The second kappa shape index (κ2) is 8.67. The maximum absolute atomic E-state index is 12.7. The van der Waals surface area contributed by atoms with Crippen molar-refractivity contribution in [2.24, 2.45) is 5.73 Å². The molecule has 0 aromatic rings. The summed E-state index contributed by atoms with van der Waals surface area (Å²) < 4.78 is 113. The zero-order valence-corrected chi connectivity index (χ0v) is 12.0. The predicted molar refractivity (Wildman–Crippen MR) is 65.2 cm³/mol. The molecule has 0 bridgehead atoms. The number of rotatable bonds is 7. The minimum Gasteiger partial charge on any atom is -0.327 e. The van der Waals surface area contributed by atoms with Gasteiger partial charge in [-0.1, -0.05) is 6.08 Å².